The van der Waals surface area contributed by atoms with E-state index in [4.69, 9.17) is 10.5 Å². The first-order valence-corrected chi connectivity index (χ1v) is 4.78. The number of nitrogen functional groups attached to an aromatic ring is 1. The molecule has 2 heterocycles. The molecule has 8 nitrogen and oxygen atoms in total. The summed E-state index contributed by atoms with van der Waals surface area (Å²) in [6.45, 7) is 0. The summed E-state index contributed by atoms with van der Waals surface area (Å²) in [5.41, 5.74) is 5.40. The number of rotatable bonds is 1. The van der Waals surface area contributed by atoms with Crippen molar-refractivity contribution < 1.29 is 4.21 Å². The topological polar surface area (TPSA) is 141 Å². The first-order valence-electron chi connectivity index (χ1n) is 3.52. The SMILES string of the molecule is N=[SH](=O)c1nc(N)c2[nH]c(=O)[nH]c2n1. The maximum absolute atomic E-state index is 10.9. The van der Waals surface area contributed by atoms with Crippen LogP contribution < -0.4 is 11.4 Å². The van der Waals surface area contributed by atoms with Gasteiger partial charge in [-0.3, -0.25) is 4.98 Å². The summed E-state index contributed by atoms with van der Waals surface area (Å²) in [6.07, 6.45) is 0. The maximum atomic E-state index is 10.9. The molecule has 2 aromatic heterocycles. The van der Waals surface area contributed by atoms with Crippen molar-refractivity contribution in [3.05, 3.63) is 10.5 Å². The molecule has 74 valence electrons. The van der Waals surface area contributed by atoms with Crippen LogP contribution >= 0.6 is 0 Å². The van der Waals surface area contributed by atoms with Gasteiger partial charge in [-0.2, -0.15) is 4.98 Å². The molecule has 0 aliphatic carbocycles. The summed E-state index contributed by atoms with van der Waals surface area (Å²) in [4.78, 5) is 22.9. The fourth-order valence-corrected chi connectivity index (χ4v) is 1.41. The van der Waals surface area contributed by atoms with Gasteiger partial charge in [-0.1, -0.05) is 0 Å². The van der Waals surface area contributed by atoms with Gasteiger partial charge in [-0.25, -0.2) is 18.8 Å². The van der Waals surface area contributed by atoms with Gasteiger partial charge in [0.2, 0.25) is 5.16 Å². The van der Waals surface area contributed by atoms with Gasteiger partial charge in [0.05, 0.1) is 10.6 Å². The molecule has 0 aromatic carbocycles. The predicted molar refractivity (Wildman–Crippen MR) is 49.4 cm³/mol. The Kier molecular flexibility index (Phi) is 1.74. The third kappa shape index (κ3) is 1.23. The van der Waals surface area contributed by atoms with Crippen LogP contribution in [-0.4, -0.2) is 24.1 Å². The maximum Gasteiger partial charge on any atom is 0.325 e. The summed E-state index contributed by atoms with van der Waals surface area (Å²) < 4.78 is 17.7. The van der Waals surface area contributed by atoms with Gasteiger partial charge in [0, 0.05) is 0 Å². The van der Waals surface area contributed by atoms with Crippen molar-refractivity contribution in [3.63, 3.8) is 0 Å². The van der Waals surface area contributed by atoms with E-state index in [1.807, 2.05) is 0 Å². The van der Waals surface area contributed by atoms with Crippen molar-refractivity contribution >= 4 is 27.6 Å². The standard InChI is InChI=1S/C5H6N6O2S/c6-2-1-3(10-4(12)8-1)11-5(9-2)14(7)13/h7,14H,(H4,6,8,9,10,11,12). The third-order valence-corrected chi connectivity index (χ3v) is 2.14. The highest BCUT2D eigenvalue weighted by molar-refractivity contribution is 7.73. The lowest BCUT2D eigenvalue weighted by Crippen LogP contribution is -2.00. The first kappa shape index (κ1) is 8.69. The van der Waals surface area contributed by atoms with Crippen LogP contribution in [0.15, 0.2) is 9.95 Å². The number of fused-ring (bicyclic) bond motifs is 1. The molecule has 0 fully saturated rings. The van der Waals surface area contributed by atoms with Crippen molar-refractivity contribution in [2.75, 3.05) is 5.73 Å². The number of hydrogen-bond acceptors (Lipinski definition) is 6. The van der Waals surface area contributed by atoms with E-state index < -0.39 is 16.3 Å². The summed E-state index contributed by atoms with van der Waals surface area (Å²) in [5, 5.41) is -0.194. The molecule has 2 rings (SSSR count). The van der Waals surface area contributed by atoms with Gasteiger partial charge in [0.1, 0.15) is 5.52 Å². The molecular weight excluding hydrogens is 208 g/mol. The largest absolute Gasteiger partial charge is 0.382 e. The molecular formula is C5H6N6O2S. The molecule has 9 heteroatoms. The van der Waals surface area contributed by atoms with Gasteiger partial charge >= 0.3 is 5.69 Å². The first-order chi connectivity index (χ1) is 6.58. The monoisotopic (exact) mass is 214 g/mol. The van der Waals surface area contributed by atoms with Crippen molar-refractivity contribution in [3.8, 4) is 0 Å². The Labute approximate surface area is 78.6 Å². The van der Waals surface area contributed by atoms with Crippen LogP contribution in [0.2, 0.25) is 0 Å². The molecule has 1 unspecified atom stereocenters. The minimum Gasteiger partial charge on any atom is -0.382 e. The minimum absolute atomic E-state index is 0.000972. The Hall–Kier alpha value is -1.90. The zero-order chi connectivity index (χ0) is 10.3. The zero-order valence-electron chi connectivity index (χ0n) is 6.74. The molecule has 5 N–H and O–H groups in total. The van der Waals surface area contributed by atoms with Crippen LogP contribution in [0.4, 0.5) is 5.82 Å². The van der Waals surface area contributed by atoms with Crippen LogP contribution in [0.3, 0.4) is 0 Å². The molecule has 2 aromatic rings. The molecule has 0 bridgehead atoms. The summed E-state index contributed by atoms with van der Waals surface area (Å²) >= 11 is 0. The molecule has 0 amide bonds. The van der Waals surface area contributed by atoms with Crippen LogP contribution in [0.25, 0.3) is 11.2 Å². The number of H-pyrrole nitrogens is 2. The number of hydrogen-bond donors (Lipinski definition) is 5. The van der Waals surface area contributed by atoms with Gasteiger partial charge in [0.15, 0.2) is 11.5 Å². The molecule has 14 heavy (non-hydrogen) atoms. The van der Waals surface area contributed by atoms with E-state index in [1.165, 1.54) is 0 Å². The quantitative estimate of drug-likeness (QED) is 0.300. The highest BCUT2D eigenvalue weighted by atomic mass is 32.2. The van der Waals surface area contributed by atoms with E-state index in [2.05, 4.69) is 19.9 Å². The number of aromatic amines is 2. The highest BCUT2D eigenvalue weighted by Crippen LogP contribution is 2.11. The number of imidazole rings is 1. The summed E-state index contributed by atoms with van der Waals surface area (Å²) in [7, 11) is -2.41. The normalized spacial score (nSPS) is 13.1. The van der Waals surface area contributed by atoms with Crippen molar-refractivity contribution in [2.45, 2.75) is 5.16 Å². The number of anilines is 1. The second-order valence-corrected chi connectivity index (χ2v) is 3.49. The van der Waals surface area contributed by atoms with Gasteiger partial charge < -0.3 is 10.7 Å². The number of aromatic nitrogens is 4. The Morgan fingerprint density at radius 3 is 2.71 bits per heavy atom. The molecule has 1 atom stereocenters. The Bertz CT molecular complexity index is 615. The van der Waals surface area contributed by atoms with E-state index in [0.717, 1.165) is 0 Å². The van der Waals surface area contributed by atoms with Crippen LogP contribution in [0.5, 0.6) is 0 Å². The van der Waals surface area contributed by atoms with Crippen LogP contribution in [0, 0.1) is 4.78 Å². The highest BCUT2D eigenvalue weighted by Gasteiger charge is 2.07. The van der Waals surface area contributed by atoms with Crippen molar-refractivity contribution in [2.24, 2.45) is 0 Å². The molecule has 0 aliphatic heterocycles. The van der Waals surface area contributed by atoms with E-state index in [0.29, 0.717) is 0 Å². The van der Waals surface area contributed by atoms with Crippen molar-refractivity contribution in [1.29, 1.82) is 4.78 Å². The summed E-state index contributed by atoms with van der Waals surface area (Å²) in [5.74, 6) is -0.000972. The van der Waals surface area contributed by atoms with Crippen LogP contribution in [-0.2, 0) is 10.6 Å². The van der Waals surface area contributed by atoms with E-state index in [9.17, 15) is 9.00 Å². The molecule has 0 saturated carbocycles. The number of nitrogens with two attached hydrogens (primary N) is 1. The smallest absolute Gasteiger partial charge is 0.325 e. The number of nitrogens with one attached hydrogen (secondary N) is 3. The molecule has 0 saturated heterocycles. The van der Waals surface area contributed by atoms with E-state index in [-0.39, 0.29) is 22.1 Å². The van der Waals surface area contributed by atoms with Crippen LogP contribution in [0.1, 0.15) is 0 Å². The predicted octanol–water partition coefficient (Wildman–Crippen LogP) is -1.17. The lowest BCUT2D eigenvalue weighted by atomic mass is 10.5. The van der Waals surface area contributed by atoms with Gasteiger partial charge in [-0.15, -0.1) is 0 Å². The lowest BCUT2D eigenvalue weighted by Gasteiger charge is -1.95. The fraction of sp³-hybridized carbons (Fsp3) is 0. The third-order valence-electron chi connectivity index (χ3n) is 1.58. The minimum atomic E-state index is -2.41. The number of thiol groups is 1. The molecule has 0 radical (unpaired) electrons. The Balaban J connectivity index is 2.91. The Morgan fingerprint density at radius 2 is 2.07 bits per heavy atom. The average molecular weight is 214 g/mol. The van der Waals surface area contributed by atoms with E-state index >= 15 is 0 Å². The van der Waals surface area contributed by atoms with Gasteiger partial charge in [-0.05, 0) is 0 Å². The zero-order valence-corrected chi connectivity index (χ0v) is 7.63. The molecule has 0 aliphatic rings. The average Bonchev–Trinajstić information content (AvgIpc) is 2.45. The molecule has 0 spiro atoms. The summed E-state index contributed by atoms with van der Waals surface area (Å²) in [6, 6.07) is 0. The second kappa shape index (κ2) is 2.80. The lowest BCUT2D eigenvalue weighted by molar-refractivity contribution is 0.681. The second-order valence-electron chi connectivity index (χ2n) is 2.51. The number of nitrogens with zero attached hydrogens (tertiary/aromatic N) is 2. The Morgan fingerprint density at radius 1 is 1.36 bits per heavy atom. The fourth-order valence-electron chi connectivity index (χ4n) is 1.02. The van der Waals surface area contributed by atoms with Gasteiger partial charge in [0.25, 0.3) is 0 Å². The van der Waals surface area contributed by atoms with Crippen molar-refractivity contribution in [1.82, 2.24) is 19.9 Å². The van der Waals surface area contributed by atoms with E-state index in [1.54, 1.807) is 0 Å².